The average molecular weight is 417 g/mol. The topological polar surface area (TPSA) is 145 Å². The number of carbonyl (C=O) groups is 4. The summed E-state index contributed by atoms with van der Waals surface area (Å²) in [6.07, 6.45) is 0.307. The van der Waals surface area contributed by atoms with Crippen LogP contribution in [-0.4, -0.2) is 52.7 Å². The van der Waals surface area contributed by atoms with E-state index in [-0.39, 0.29) is 12.8 Å². The van der Waals surface area contributed by atoms with Crippen LogP contribution in [0.2, 0.25) is 0 Å². The van der Waals surface area contributed by atoms with E-state index in [1.165, 1.54) is 0 Å². The highest BCUT2D eigenvalue weighted by atomic mass is 16.6. The van der Waals surface area contributed by atoms with E-state index in [4.69, 9.17) is 15.2 Å². The summed E-state index contributed by atoms with van der Waals surface area (Å²) >= 11 is 0. The SMILES string of the molecule is CC(C)(C)OC(=O)C[C@H](CC(=O)[C@@H](N)CCCCNC(=O)OC(C)(C)C)C(=O)O. The van der Waals surface area contributed by atoms with Crippen LogP contribution in [-0.2, 0) is 23.9 Å². The van der Waals surface area contributed by atoms with Crippen LogP contribution in [0.5, 0.6) is 0 Å². The van der Waals surface area contributed by atoms with Crippen molar-refractivity contribution in [3.05, 3.63) is 0 Å². The number of esters is 1. The third-order valence-corrected chi connectivity index (χ3v) is 3.65. The number of hydrogen-bond acceptors (Lipinski definition) is 7. The van der Waals surface area contributed by atoms with Gasteiger partial charge in [-0.05, 0) is 60.8 Å². The van der Waals surface area contributed by atoms with E-state index in [2.05, 4.69) is 5.32 Å². The molecule has 1 amide bonds. The van der Waals surface area contributed by atoms with Crippen molar-refractivity contribution in [2.75, 3.05) is 6.54 Å². The Morgan fingerprint density at radius 3 is 1.97 bits per heavy atom. The Hall–Kier alpha value is -2.16. The quantitative estimate of drug-likeness (QED) is 0.344. The Morgan fingerprint density at radius 1 is 0.931 bits per heavy atom. The smallest absolute Gasteiger partial charge is 0.407 e. The van der Waals surface area contributed by atoms with Crippen molar-refractivity contribution in [3.63, 3.8) is 0 Å². The van der Waals surface area contributed by atoms with Gasteiger partial charge in [-0.15, -0.1) is 0 Å². The van der Waals surface area contributed by atoms with Crippen molar-refractivity contribution in [1.29, 1.82) is 0 Å². The molecule has 0 spiro atoms. The fraction of sp³-hybridized carbons (Fsp3) is 0.800. The second-order valence-electron chi connectivity index (χ2n) is 9.03. The van der Waals surface area contributed by atoms with Gasteiger partial charge in [-0.3, -0.25) is 14.4 Å². The molecule has 0 fully saturated rings. The van der Waals surface area contributed by atoms with Gasteiger partial charge in [0.2, 0.25) is 0 Å². The van der Waals surface area contributed by atoms with Crippen molar-refractivity contribution in [2.24, 2.45) is 11.7 Å². The maximum atomic E-state index is 12.2. The molecule has 4 N–H and O–H groups in total. The van der Waals surface area contributed by atoms with E-state index in [1.54, 1.807) is 41.5 Å². The molecule has 0 saturated carbocycles. The van der Waals surface area contributed by atoms with Crippen LogP contribution in [0, 0.1) is 5.92 Å². The van der Waals surface area contributed by atoms with Gasteiger partial charge in [0.1, 0.15) is 17.0 Å². The van der Waals surface area contributed by atoms with Gasteiger partial charge in [-0.2, -0.15) is 0 Å². The summed E-state index contributed by atoms with van der Waals surface area (Å²) in [4.78, 5) is 46.9. The first kappa shape index (κ1) is 26.8. The third-order valence-electron chi connectivity index (χ3n) is 3.65. The Morgan fingerprint density at radius 2 is 1.48 bits per heavy atom. The first-order chi connectivity index (χ1) is 13.1. The average Bonchev–Trinajstić information content (AvgIpc) is 2.49. The van der Waals surface area contributed by atoms with Crippen LogP contribution in [0.1, 0.15) is 73.6 Å². The first-order valence-electron chi connectivity index (χ1n) is 9.80. The maximum absolute atomic E-state index is 12.2. The lowest BCUT2D eigenvalue weighted by Crippen LogP contribution is -2.35. The summed E-state index contributed by atoms with van der Waals surface area (Å²) in [7, 11) is 0. The van der Waals surface area contributed by atoms with Gasteiger partial charge in [-0.1, -0.05) is 0 Å². The maximum Gasteiger partial charge on any atom is 0.407 e. The molecule has 9 nitrogen and oxygen atoms in total. The summed E-state index contributed by atoms with van der Waals surface area (Å²) in [5.74, 6) is -3.49. The van der Waals surface area contributed by atoms with E-state index >= 15 is 0 Å². The van der Waals surface area contributed by atoms with Crippen LogP contribution < -0.4 is 11.1 Å². The number of carboxylic acids is 1. The van der Waals surface area contributed by atoms with Gasteiger partial charge in [0.05, 0.1) is 18.4 Å². The van der Waals surface area contributed by atoms with E-state index in [9.17, 15) is 24.3 Å². The van der Waals surface area contributed by atoms with Gasteiger partial charge in [0, 0.05) is 13.0 Å². The van der Waals surface area contributed by atoms with E-state index < -0.39 is 47.0 Å². The summed E-state index contributed by atoms with van der Waals surface area (Å²) < 4.78 is 10.2. The van der Waals surface area contributed by atoms with Crippen molar-refractivity contribution in [2.45, 2.75) is 90.9 Å². The number of ketones is 1. The first-order valence-corrected chi connectivity index (χ1v) is 9.80. The Bertz CT molecular complexity index is 576. The van der Waals surface area contributed by atoms with Crippen LogP contribution >= 0.6 is 0 Å². The molecule has 0 heterocycles. The lowest BCUT2D eigenvalue weighted by Gasteiger charge is -2.21. The molecule has 9 heteroatoms. The molecule has 0 bridgehead atoms. The van der Waals surface area contributed by atoms with Crippen molar-refractivity contribution in [3.8, 4) is 0 Å². The molecule has 0 aliphatic carbocycles. The van der Waals surface area contributed by atoms with Gasteiger partial charge >= 0.3 is 18.0 Å². The second-order valence-corrected chi connectivity index (χ2v) is 9.03. The number of ether oxygens (including phenoxy) is 2. The Balaban J connectivity index is 4.30. The molecule has 0 aromatic carbocycles. The van der Waals surface area contributed by atoms with Crippen molar-refractivity contribution < 1.29 is 33.8 Å². The van der Waals surface area contributed by atoms with Crippen molar-refractivity contribution >= 4 is 23.8 Å². The molecule has 0 radical (unpaired) electrons. The number of nitrogens with two attached hydrogens (primary N) is 1. The molecule has 0 rings (SSSR count). The Kier molecular flexibility index (Phi) is 10.9. The molecule has 168 valence electrons. The van der Waals surface area contributed by atoms with Gasteiger partial charge in [0.15, 0.2) is 0 Å². The lowest BCUT2D eigenvalue weighted by molar-refractivity contribution is -0.160. The number of nitrogens with one attached hydrogen (secondary N) is 1. The zero-order valence-corrected chi connectivity index (χ0v) is 18.4. The predicted octanol–water partition coefficient (Wildman–Crippen LogP) is 2.40. The minimum absolute atomic E-state index is 0.327. The minimum Gasteiger partial charge on any atom is -0.481 e. The number of unbranched alkanes of at least 4 members (excludes halogenated alkanes) is 1. The number of hydrogen-bond donors (Lipinski definition) is 3. The van der Waals surface area contributed by atoms with Gasteiger partial charge in [0.25, 0.3) is 0 Å². The van der Waals surface area contributed by atoms with Gasteiger partial charge in [-0.25, -0.2) is 4.79 Å². The number of amides is 1. The Labute approximate surface area is 172 Å². The summed E-state index contributed by atoms with van der Waals surface area (Å²) in [5.41, 5.74) is 4.55. The number of alkyl carbamates (subject to hydrolysis) is 1. The van der Waals surface area contributed by atoms with E-state index in [0.717, 1.165) is 0 Å². The lowest BCUT2D eigenvalue weighted by atomic mass is 9.94. The molecule has 0 aromatic rings. The normalized spacial score (nSPS) is 13.9. The monoisotopic (exact) mass is 416 g/mol. The molecule has 0 unspecified atom stereocenters. The van der Waals surface area contributed by atoms with E-state index in [1.807, 2.05) is 0 Å². The largest absolute Gasteiger partial charge is 0.481 e. The molecule has 0 aliphatic rings. The highest BCUT2D eigenvalue weighted by Gasteiger charge is 2.29. The summed E-state index contributed by atoms with van der Waals surface area (Å²) in [6, 6.07) is -0.822. The zero-order valence-electron chi connectivity index (χ0n) is 18.4. The third kappa shape index (κ3) is 14.5. The molecule has 29 heavy (non-hydrogen) atoms. The van der Waals surface area contributed by atoms with Crippen molar-refractivity contribution in [1.82, 2.24) is 5.32 Å². The number of rotatable bonds is 11. The highest BCUT2D eigenvalue weighted by Crippen LogP contribution is 2.16. The van der Waals surface area contributed by atoms with Crippen LogP contribution in [0.3, 0.4) is 0 Å². The molecular formula is C20H36N2O7. The van der Waals surface area contributed by atoms with Crippen LogP contribution in [0.25, 0.3) is 0 Å². The molecule has 2 atom stereocenters. The van der Waals surface area contributed by atoms with E-state index in [0.29, 0.717) is 25.8 Å². The zero-order chi connectivity index (χ0) is 22.8. The number of carboxylic acid groups (broad SMARTS) is 1. The highest BCUT2D eigenvalue weighted by molar-refractivity contribution is 5.89. The molecule has 0 aliphatic heterocycles. The minimum atomic E-state index is -1.24. The molecule has 0 saturated heterocycles. The number of carbonyl (C=O) groups excluding carboxylic acids is 3. The standard InChI is InChI=1S/C20H36N2O7/c1-19(2,3)28-16(24)12-13(17(25)26)11-15(23)14(21)9-7-8-10-22-18(27)29-20(4,5)6/h13-14H,7-12,21H2,1-6H3,(H,22,27)(H,25,26)/t13-,14-/m0/s1. The summed E-state index contributed by atoms with van der Waals surface area (Å²) in [5, 5.41) is 11.9. The van der Waals surface area contributed by atoms with Crippen LogP contribution in [0.4, 0.5) is 4.79 Å². The van der Waals surface area contributed by atoms with Crippen LogP contribution in [0.15, 0.2) is 0 Å². The summed E-state index contributed by atoms with van der Waals surface area (Å²) in [6.45, 7) is 10.7. The van der Waals surface area contributed by atoms with Gasteiger partial charge < -0.3 is 25.6 Å². The number of Topliss-reactive ketones (excluding diaryl/α,β-unsaturated/α-hetero) is 1. The number of aliphatic carboxylic acids is 1. The molecule has 0 aromatic heterocycles. The molecular weight excluding hydrogens is 380 g/mol. The second kappa shape index (κ2) is 11.7. The fourth-order valence-electron chi connectivity index (χ4n) is 2.38. The fourth-order valence-corrected chi connectivity index (χ4v) is 2.38. The predicted molar refractivity (Wildman–Crippen MR) is 107 cm³/mol.